The fourth-order valence-corrected chi connectivity index (χ4v) is 3.15. The van der Waals surface area contributed by atoms with Crippen LogP contribution in [0.2, 0.25) is 0 Å². The van der Waals surface area contributed by atoms with Crippen LogP contribution in [-0.2, 0) is 0 Å². The first kappa shape index (κ1) is 11.9. The Labute approximate surface area is 98.6 Å². The molecule has 0 spiro atoms. The molecule has 1 aromatic carbocycles. The summed E-state index contributed by atoms with van der Waals surface area (Å²) in [5.41, 5.74) is 0.552. The molecule has 1 unspecified atom stereocenters. The van der Waals surface area contributed by atoms with Gasteiger partial charge < -0.3 is 5.32 Å². The number of hydrogen-bond acceptors (Lipinski definition) is 2. The van der Waals surface area contributed by atoms with Crippen LogP contribution in [0.15, 0.2) is 18.2 Å². The third-order valence-electron chi connectivity index (χ3n) is 2.65. The average molecular weight is 243 g/mol. The summed E-state index contributed by atoms with van der Waals surface area (Å²) in [5.74, 6) is 0.845. The molecular formula is C12H15F2NS. The molecule has 0 amide bonds. The zero-order valence-corrected chi connectivity index (χ0v) is 10.2. The lowest BCUT2D eigenvalue weighted by Gasteiger charge is -2.37. The highest BCUT2D eigenvalue weighted by Crippen LogP contribution is 2.30. The maximum absolute atomic E-state index is 13.6. The SMILES string of the molecule is CC1(C)CSCC(c2ccc(F)cc2F)N1. The quantitative estimate of drug-likeness (QED) is 0.813. The molecule has 1 atom stereocenters. The molecule has 88 valence electrons. The maximum atomic E-state index is 13.6. The van der Waals surface area contributed by atoms with E-state index in [-0.39, 0.29) is 11.6 Å². The van der Waals surface area contributed by atoms with Crippen molar-refractivity contribution >= 4 is 11.8 Å². The summed E-state index contributed by atoms with van der Waals surface area (Å²) in [6.45, 7) is 4.18. The van der Waals surface area contributed by atoms with Crippen LogP contribution >= 0.6 is 11.8 Å². The van der Waals surface area contributed by atoms with Crippen LogP contribution in [0.5, 0.6) is 0 Å². The molecular weight excluding hydrogens is 228 g/mol. The minimum atomic E-state index is -0.524. The lowest BCUT2D eigenvalue weighted by Crippen LogP contribution is -2.48. The summed E-state index contributed by atoms with van der Waals surface area (Å²) in [6, 6.07) is 3.76. The Morgan fingerprint density at radius 1 is 1.38 bits per heavy atom. The summed E-state index contributed by atoms with van der Waals surface area (Å²) < 4.78 is 26.4. The van der Waals surface area contributed by atoms with Gasteiger partial charge in [0.05, 0.1) is 0 Å². The minimum absolute atomic E-state index is 0.00555. The van der Waals surface area contributed by atoms with Crippen LogP contribution < -0.4 is 5.32 Å². The number of thioether (sulfide) groups is 1. The van der Waals surface area contributed by atoms with Crippen LogP contribution in [-0.4, -0.2) is 17.0 Å². The van der Waals surface area contributed by atoms with Crippen LogP contribution in [0.1, 0.15) is 25.5 Å². The van der Waals surface area contributed by atoms with E-state index in [4.69, 9.17) is 0 Å². The summed E-state index contributed by atoms with van der Waals surface area (Å²) in [6.07, 6.45) is 0. The first-order valence-corrected chi connectivity index (χ1v) is 6.44. The van der Waals surface area contributed by atoms with Gasteiger partial charge in [-0.25, -0.2) is 8.78 Å². The Morgan fingerprint density at radius 3 is 2.75 bits per heavy atom. The zero-order chi connectivity index (χ0) is 11.8. The molecule has 1 fully saturated rings. The number of nitrogens with one attached hydrogen (secondary N) is 1. The van der Waals surface area contributed by atoms with Gasteiger partial charge in [-0.2, -0.15) is 11.8 Å². The molecule has 1 aromatic rings. The fraction of sp³-hybridized carbons (Fsp3) is 0.500. The van der Waals surface area contributed by atoms with Gasteiger partial charge in [0.2, 0.25) is 0 Å². The molecule has 0 bridgehead atoms. The first-order valence-electron chi connectivity index (χ1n) is 5.28. The van der Waals surface area contributed by atoms with Crippen molar-refractivity contribution in [2.45, 2.75) is 25.4 Å². The van der Waals surface area contributed by atoms with E-state index in [0.717, 1.165) is 17.6 Å². The highest BCUT2D eigenvalue weighted by Gasteiger charge is 2.29. The van der Waals surface area contributed by atoms with Crippen LogP contribution in [0, 0.1) is 11.6 Å². The van der Waals surface area contributed by atoms with Crippen LogP contribution in [0.4, 0.5) is 8.78 Å². The van der Waals surface area contributed by atoms with Crippen molar-refractivity contribution in [1.29, 1.82) is 0 Å². The Bertz CT molecular complexity index is 393. The number of benzene rings is 1. The summed E-state index contributed by atoms with van der Waals surface area (Å²) >= 11 is 1.79. The highest BCUT2D eigenvalue weighted by molar-refractivity contribution is 7.99. The zero-order valence-electron chi connectivity index (χ0n) is 9.39. The van der Waals surface area contributed by atoms with Crippen LogP contribution in [0.3, 0.4) is 0 Å². The number of rotatable bonds is 1. The number of halogens is 2. The Kier molecular flexibility index (Phi) is 3.22. The average Bonchev–Trinajstić information content (AvgIpc) is 2.15. The van der Waals surface area contributed by atoms with E-state index in [2.05, 4.69) is 19.2 Å². The van der Waals surface area contributed by atoms with Gasteiger partial charge in [-0.1, -0.05) is 6.07 Å². The third kappa shape index (κ3) is 2.55. The molecule has 2 rings (SSSR count). The standard InChI is InChI=1S/C12H15F2NS/c1-12(2)7-16-6-11(15-12)9-4-3-8(13)5-10(9)14/h3-5,11,15H,6-7H2,1-2H3. The molecule has 1 saturated heterocycles. The predicted octanol–water partition coefficient (Wildman–Crippen LogP) is 3.12. The molecule has 0 aromatic heterocycles. The van der Waals surface area contributed by atoms with Crippen molar-refractivity contribution in [3.05, 3.63) is 35.4 Å². The highest BCUT2D eigenvalue weighted by atomic mass is 32.2. The van der Waals surface area contributed by atoms with Crippen LogP contribution in [0.25, 0.3) is 0 Å². The fourth-order valence-electron chi connectivity index (χ4n) is 1.94. The molecule has 1 aliphatic rings. The topological polar surface area (TPSA) is 12.0 Å². The van der Waals surface area contributed by atoms with E-state index in [9.17, 15) is 8.78 Å². The van der Waals surface area contributed by atoms with Gasteiger partial charge in [-0.15, -0.1) is 0 Å². The molecule has 1 aliphatic heterocycles. The van der Waals surface area contributed by atoms with Crippen molar-refractivity contribution in [1.82, 2.24) is 5.32 Å². The Balaban J connectivity index is 2.23. The summed E-state index contributed by atoms with van der Waals surface area (Å²) in [7, 11) is 0. The predicted molar refractivity (Wildman–Crippen MR) is 63.6 cm³/mol. The van der Waals surface area contributed by atoms with Crippen molar-refractivity contribution in [2.75, 3.05) is 11.5 Å². The normalized spacial score (nSPS) is 24.4. The third-order valence-corrected chi connectivity index (χ3v) is 4.15. The van der Waals surface area contributed by atoms with Gasteiger partial charge in [0, 0.05) is 34.7 Å². The van der Waals surface area contributed by atoms with E-state index < -0.39 is 11.6 Å². The summed E-state index contributed by atoms with van der Waals surface area (Å²) in [4.78, 5) is 0. The monoisotopic (exact) mass is 243 g/mol. The van der Waals surface area contributed by atoms with Gasteiger partial charge >= 0.3 is 0 Å². The molecule has 0 radical (unpaired) electrons. The smallest absolute Gasteiger partial charge is 0.130 e. The summed E-state index contributed by atoms with van der Waals surface area (Å²) in [5, 5.41) is 3.39. The van der Waals surface area contributed by atoms with Crippen molar-refractivity contribution in [3.8, 4) is 0 Å². The molecule has 1 N–H and O–H groups in total. The second-order valence-electron chi connectivity index (χ2n) is 4.76. The van der Waals surface area contributed by atoms with Crippen molar-refractivity contribution in [2.24, 2.45) is 0 Å². The molecule has 0 saturated carbocycles. The van der Waals surface area contributed by atoms with Gasteiger partial charge in [0.15, 0.2) is 0 Å². The Morgan fingerprint density at radius 2 is 2.12 bits per heavy atom. The lowest BCUT2D eigenvalue weighted by atomic mass is 10.0. The van der Waals surface area contributed by atoms with Gasteiger partial charge in [0.25, 0.3) is 0 Å². The first-order chi connectivity index (χ1) is 7.48. The van der Waals surface area contributed by atoms with E-state index >= 15 is 0 Å². The number of hydrogen-bond donors (Lipinski definition) is 1. The Hall–Kier alpha value is -0.610. The molecule has 0 aliphatic carbocycles. The lowest BCUT2D eigenvalue weighted by molar-refractivity contribution is 0.369. The van der Waals surface area contributed by atoms with E-state index in [0.29, 0.717) is 5.56 Å². The minimum Gasteiger partial charge on any atom is -0.303 e. The van der Waals surface area contributed by atoms with Crippen molar-refractivity contribution < 1.29 is 8.78 Å². The van der Waals surface area contributed by atoms with E-state index in [1.54, 1.807) is 11.8 Å². The second kappa shape index (κ2) is 4.34. The van der Waals surface area contributed by atoms with Gasteiger partial charge in [-0.05, 0) is 19.9 Å². The van der Waals surface area contributed by atoms with Gasteiger partial charge in [0.1, 0.15) is 11.6 Å². The van der Waals surface area contributed by atoms with Gasteiger partial charge in [-0.3, -0.25) is 0 Å². The molecule has 4 heteroatoms. The molecule has 1 nitrogen and oxygen atoms in total. The maximum Gasteiger partial charge on any atom is 0.130 e. The largest absolute Gasteiger partial charge is 0.303 e. The van der Waals surface area contributed by atoms with E-state index in [1.807, 2.05) is 0 Å². The molecule has 1 heterocycles. The van der Waals surface area contributed by atoms with Crippen molar-refractivity contribution in [3.63, 3.8) is 0 Å². The van der Waals surface area contributed by atoms with E-state index in [1.165, 1.54) is 12.1 Å². The second-order valence-corrected chi connectivity index (χ2v) is 5.79. The molecule has 16 heavy (non-hydrogen) atoms.